The van der Waals surface area contributed by atoms with E-state index in [2.05, 4.69) is 10.3 Å². The predicted molar refractivity (Wildman–Crippen MR) is 133 cm³/mol. The number of aliphatic imine (C=N–C) groups is 1. The zero-order chi connectivity index (χ0) is 24.1. The highest BCUT2D eigenvalue weighted by Crippen LogP contribution is 2.33. The van der Waals surface area contributed by atoms with Crippen LogP contribution in [0, 0.1) is 5.82 Å². The molecule has 1 saturated heterocycles. The Morgan fingerprint density at radius 1 is 1.09 bits per heavy atom. The molecule has 0 radical (unpaired) electrons. The van der Waals surface area contributed by atoms with Gasteiger partial charge in [0.05, 0.1) is 19.3 Å². The Morgan fingerprint density at radius 2 is 1.76 bits per heavy atom. The molecule has 0 saturated carbocycles. The summed E-state index contributed by atoms with van der Waals surface area (Å²) in [7, 11) is 1.59. The highest BCUT2D eigenvalue weighted by molar-refractivity contribution is 8.15. The molecule has 3 aromatic rings. The van der Waals surface area contributed by atoms with E-state index in [1.54, 1.807) is 48.4 Å². The van der Waals surface area contributed by atoms with Crippen molar-refractivity contribution < 1.29 is 18.7 Å². The van der Waals surface area contributed by atoms with Gasteiger partial charge in [-0.2, -0.15) is 0 Å². The van der Waals surface area contributed by atoms with E-state index in [0.717, 1.165) is 5.56 Å². The van der Waals surface area contributed by atoms with Crippen molar-refractivity contribution in [2.24, 2.45) is 4.99 Å². The van der Waals surface area contributed by atoms with Gasteiger partial charge in [0, 0.05) is 17.1 Å². The van der Waals surface area contributed by atoms with E-state index in [0.29, 0.717) is 27.3 Å². The molecule has 0 unspecified atom stereocenters. The van der Waals surface area contributed by atoms with Gasteiger partial charge in [-0.3, -0.25) is 14.5 Å². The van der Waals surface area contributed by atoms with E-state index in [1.807, 2.05) is 24.3 Å². The van der Waals surface area contributed by atoms with Gasteiger partial charge < -0.3 is 10.1 Å². The van der Waals surface area contributed by atoms with Crippen LogP contribution in [0.3, 0.4) is 0 Å². The normalized spacial score (nSPS) is 16.7. The summed E-state index contributed by atoms with van der Waals surface area (Å²) in [6.45, 7) is 0.283. The highest BCUT2D eigenvalue weighted by atomic mass is 35.5. The van der Waals surface area contributed by atoms with Gasteiger partial charge in [0.25, 0.3) is 0 Å². The number of hydrogen-bond acceptors (Lipinski definition) is 5. The van der Waals surface area contributed by atoms with Crippen molar-refractivity contribution in [3.63, 3.8) is 0 Å². The quantitative estimate of drug-likeness (QED) is 0.458. The molecule has 3 aromatic carbocycles. The molecule has 0 spiro atoms. The Balaban J connectivity index is 1.53. The standard InChI is InChI=1S/C25H21ClFN3O3S/c1-33-21-12-2-16(3-13-21)15-30-24(32)22(14-23(31)28-19-8-4-17(26)5-9-19)34-25(30)29-20-10-6-18(27)7-11-20/h2-13,22H,14-15H2,1H3,(H,28,31)/t22-/m1/s1. The van der Waals surface area contributed by atoms with E-state index in [4.69, 9.17) is 16.3 Å². The van der Waals surface area contributed by atoms with Crippen LogP contribution in [-0.4, -0.2) is 34.2 Å². The van der Waals surface area contributed by atoms with Crippen molar-refractivity contribution in [3.05, 3.63) is 89.2 Å². The first-order chi connectivity index (χ1) is 16.4. The minimum atomic E-state index is -0.634. The Kier molecular flexibility index (Phi) is 7.49. The first-order valence-electron chi connectivity index (χ1n) is 10.4. The number of nitrogens with one attached hydrogen (secondary N) is 1. The minimum Gasteiger partial charge on any atom is -0.497 e. The summed E-state index contributed by atoms with van der Waals surface area (Å²) < 4.78 is 18.5. The van der Waals surface area contributed by atoms with Gasteiger partial charge in [0.2, 0.25) is 11.8 Å². The summed E-state index contributed by atoms with van der Waals surface area (Å²) >= 11 is 7.11. The van der Waals surface area contributed by atoms with Gasteiger partial charge in [0.15, 0.2) is 5.17 Å². The SMILES string of the molecule is COc1ccc(CN2C(=O)[C@@H](CC(=O)Nc3ccc(Cl)cc3)SC2=Nc2ccc(F)cc2)cc1. The second kappa shape index (κ2) is 10.7. The molecule has 1 aliphatic heterocycles. The lowest BCUT2D eigenvalue weighted by Crippen LogP contribution is -2.33. The average Bonchev–Trinajstić information content (AvgIpc) is 3.11. The fourth-order valence-electron chi connectivity index (χ4n) is 3.32. The summed E-state index contributed by atoms with van der Waals surface area (Å²) in [5, 5.41) is 3.17. The molecule has 0 bridgehead atoms. The van der Waals surface area contributed by atoms with Crippen molar-refractivity contribution in [1.29, 1.82) is 0 Å². The molecule has 0 aliphatic carbocycles. The number of ether oxygens (including phenoxy) is 1. The number of amidine groups is 1. The van der Waals surface area contributed by atoms with Crippen molar-refractivity contribution in [3.8, 4) is 5.75 Å². The Labute approximate surface area is 205 Å². The lowest BCUT2D eigenvalue weighted by atomic mass is 10.2. The molecular weight excluding hydrogens is 477 g/mol. The molecular formula is C25H21ClFN3O3S. The minimum absolute atomic E-state index is 0.0202. The molecule has 1 fully saturated rings. The predicted octanol–water partition coefficient (Wildman–Crippen LogP) is 5.65. The maximum absolute atomic E-state index is 13.3. The number of benzene rings is 3. The fourth-order valence-corrected chi connectivity index (χ4v) is 4.61. The van der Waals surface area contributed by atoms with Gasteiger partial charge in [-0.1, -0.05) is 35.5 Å². The molecule has 174 valence electrons. The highest BCUT2D eigenvalue weighted by Gasteiger charge is 2.39. The molecule has 1 heterocycles. The Bertz CT molecular complexity index is 1200. The number of carbonyl (C=O) groups excluding carboxylic acids is 2. The zero-order valence-corrected chi connectivity index (χ0v) is 19.8. The van der Waals surface area contributed by atoms with Crippen LogP contribution in [0.2, 0.25) is 5.02 Å². The molecule has 6 nitrogen and oxygen atoms in total. The van der Waals surface area contributed by atoms with Gasteiger partial charge in [-0.05, 0) is 66.2 Å². The van der Waals surface area contributed by atoms with Crippen molar-refractivity contribution in [1.82, 2.24) is 4.90 Å². The number of anilines is 1. The molecule has 1 aliphatic rings. The van der Waals surface area contributed by atoms with E-state index in [1.165, 1.54) is 23.9 Å². The summed E-state index contributed by atoms with van der Waals surface area (Å²) in [5.74, 6) is -0.165. The van der Waals surface area contributed by atoms with Crippen LogP contribution in [0.25, 0.3) is 0 Å². The Morgan fingerprint density at radius 3 is 2.41 bits per heavy atom. The van der Waals surface area contributed by atoms with Gasteiger partial charge >= 0.3 is 0 Å². The number of carbonyl (C=O) groups is 2. The Hall–Kier alpha value is -3.36. The second-order valence-corrected chi connectivity index (χ2v) is 9.12. The summed E-state index contributed by atoms with van der Waals surface area (Å²) in [5.41, 5.74) is 2.00. The summed E-state index contributed by atoms with van der Waals surface area (Å²) in [6, 6.07) is 19.8. The molecule has 1 N–H and O–H groups in total. The lowest BCUT2D eigenvalue weighted by molar-refractivity contribution is -0.128. The second-order valence-electron chi connectivity index (χ2n) is 7.51. The average molecular weight is 498 g/mol. The lowest BCUT2D eigenvalue weighted by Gasteiger charge is -2.17. The van der Waals surface area contributed by atoms with Crippen molar-refractivity contribution >= 4 is 51.7 Å². The largest absolute Gasteiger partial charge is 0.497 e. The molecule has 2 amide bonds. The van der Waals surface area contributed by atoms with Crippen LogP contribution in [0.1, 0.15) is 12.0 Å². The van der Waals surface area contributed by atoms with Crippen molar-refractivity contribution in [2.45, 2.75) is 18.2 Å². The third kappa shape index (κ3) is 5.95. The number of rotatable bonds is 7. The summed E-state index contributed by atoms with van der Waals surface area (Å²) in [6.07, 6.45) is -0.0202. The topological polar surface area (TPSA) is 71.0 Å². The number of hydrogen-bond donors (Lipinski definition) is 1. The third-order valence-electron chi connectivity index (χ3n) is 5.07. The van der Waals surface area contributed by atoms with E-state index in [-0.39, 0.29) is 30.6 Å². The molecule has 0 aromatic heterocycles. The third-order valence-corrected chi connectivity index (χ3v) is 6.50. The monoisotopic (exact) mass is 497 g/mol. The maximum Gasteiger partial charge on any atom is 0.242 e. The van der Waals surface area contributed by atoms with Gasteiger partial charge in [-0.15, -0.1) is 0 Å². The van der Waals surface area contributed by atoms with Crippen LogP contribution in [0.4, 0.5) is 15.8 Å². The first-order valence-corrected chi connectivity index (χ1v) is 11.7. The fraction of sp³-hybridized carbons (Fsp3) is 0.160. The van der Waals surface area contributed by atoms with Crippen molar-refractivity contribution in [2.75, 3.05) is 12.4 Å². The van der Waals surface area contributed by atoms with E-state index < -0.39 is 5.25 Å². The van der Waals surface area contributed by atoms with E-state index >= 15 is 0 Å². The number of thioether (sulfide) groups is 1. The number of methoxy groups -OCH3 is 1. The van der Waals surface area contributed by atoms with Crippen LogP contribution in [-0.2, 0) is 16.1 Å². The van der Waals surface area contributed by atoms with E-state index in [9.17, 15) is 14.0 Å². The molecule has 4 rings (SSSR count). The number of halogens is 2. The molecule has 1 atom stereocenters. The zero-order valence-electron chi connectivity index (χ0n) is 18.2. The van der Waals surface area contributed by atoms with Gasteiger partial charge in [-0.25, -0.2) is 9.38 Å². The van der Waals surface area contributed by atoms with Crippen LogP contribution in [0.15, 0.2) is 77.8 Å². The number of nitrogens with zero attached hydrogens (tertiary/aromatic N) is 2. The van der Waals surface area contributed by atoms with Crippen LogP contribution in [0.5, 0.6) is 5.75 Å². The maximum atomic E-state index is 13.3. The van der Waals surface area contributed by atoms with Crippen LogP contribution >= 0.6 is 23.4 Å². The molecule has 34 heavy (non-hydrogen) atoms. The van der Waals surface area contributed by atoms with Crippen LogP contribution < -0.4 is 10.1 Å². The first kappa shape index (κ1) is 23.8. The number of amides is 2. The molecule has 9 heteroatoms. The smallest absolute Gasteiger partial charge is 0.242 e. The van der Waals surface area contributed by atoms with Gasteiger partial charge in [0.1, 0.15) is 16.8 Å². The summed E-state index contributed by atoms with van der Waals surface area (Å²) in [4.78, 5) is 32.0.